The van der Waals surface area contributed by atoms with Gasteiger partial charge >= 0.3 is 0 Å². The van der Waals surface area contributed by atoms with Crippen LogP contribution in [0.25, 0.3) is 0 Å². The summed E-state index contributed by atoms with van der Waals surface area (Å²) in [6, 6.07) is 13.9. The lowest BCUT2D eigenvalue weighted by atomic mass is 10.0. The summed E-state index contributed by atoms with van der Waals surface area (Å²) in [6.45, 7) is 4.43. The van der Waals surface area contributed by atoms with Crippen molar-refractivity contribution < 1.29 is 14.3 Å². The molecule has 2 heterocycles. The Kier molecular flexibility index (Phi) is 4.69. The number of benzene rings is 2. The van der Waals surface area contributed by atoms with Crippen LogP contribution in [0.5, 0.6) is 11.5 Å². The highest BCUT2D eigenvalue weighted by molar-refractivity contribution is 6.04. The Balaban J connectivity index is 1.44. The van der Waals surface area contributed by atoms with Crippen molar-refractivity contribution >= 4 is 17.3 Å². The molecule has 1 saturated heterocycles. The Morgan fingerprint density at radius 3 is 2.58 bits per heavy atom. The first-order valence-corrected chi connectivity index (χ1v) is 9.28. The fourth-order valence-corrected chi connectivity index (χ4v) is 3.61. The van der Waals surface area contributed by atoms with Gasteiger partial charge in [-0.15, -0.1) is 0 Å². The Morgan fingerprint density at radius 2 is 1.81 bits per heavy atom. The second-order valence-corrected chi connectivity index (χ2v) is 6.90. The van der Waals surface area contributed by atoms with Gasteiger partial charge in [-0.25, -0.2) is 0 Å². The van der Waals surface area contributed by atoms with Crippen molar-refractivity contribution in [3.63, 3.8) is 0 Å². The van der Waals surface area contributed by atoms with E-state index >= 15 is 0 Å². The van der Waals surface area contributed by atoms with Crippen LogP contribution in [-0.2, 0) is 0 Å². The molecule has 1 N–H and O–H groups in total. The number of nitrogens with one attached hydrogen (secondary N) is 1. The average Bonchev–Trinajstić information content (AvgIpc) is 2.69. The van der Waals surface area contributed by atoms with Gasteiger partial charge in [0.1, 0.15) is 13.2 Å². The second kappa shape index (κ2) is 7.28. The molecule has 4 rings (SSSR count). The monoisotopic (exact) mass is 352 g/mol. The molecule has 0 spiro atoms. The molecule has 5 nitrogen and oxygen atoms in total. The zero-order valence-corrected chi connectivity index (χ0v) is 15.0. The van der Waals surface area contributed by atoms with Gasteiger partial charge in [-0.05, 0) is 68.7 Å². The maximum atomic E-state index is 12.5. The fraction of sp³-hybridized carbons (Fsp3) is 0.381. The van der Waals surface area contributed by atoms with Gasteiger partial charge < -0.3 is 19.7 Å². The number of amides is 1. The van der Waals surface area contributed by atoms with Crippen molar-refractivity contribution in [3.05, 3.63) is 48.0 Å². The molecule has 0 saturated carbocycles. The van der Waals surface area contributed by atoms with E-state index in [1.54, 1.807) is 18.2 Å². The Labute approximate surface area is 153 Å². The molecule has 1 fully saturated rings. The van der Waals surface area contributed by atoms with E-state index < -0.39 is 0 Å². The number of fused-ring (bicyclic) bond motifs is 1. The van der Waals surface area contributed by atoms with Gasteiger partial charge in [0, 0.05) is 29.5 Å². The summed E-state index contributed by atoms with van der Waals surface area (Å²) in [5, 5.41) is 2.95. The lowest BCUT2D eigenvalue weighted by Crippen LogP contribution is -2.37. The molecule has 2 aliphatic heterocycles. The van der Waals surface area contributed by atoms with Crippen molar-refractivity contribution in [2.75, 3.05) is 30.0 Å². The van der Waals surface area contributed by atoms with Crippen LogP contribution in [0.2, 0.25) is 0 Å². The maximum Gasteiger partial charge on any atom is 0.255 e. The molecule has 0 radical (unpaired) electrons. The minimum Gasteiger partial charge on any atom is -0.486 e. The zero-order valence-electron chi connectivity index (χ0n) is 15.0. The highest BCUT2D eigenvalue weighted by Gasteiger charge is 2.19. The lowest BCUT2D eigenvalue weighted by molar-refractivity contribution is 0.102. The van der Waals surface area contributed by atoms with E-state index in [2.05, 4.69) is 29.3 Å². The van der Waals surface area contributed by atoms with E-state index in [-0.39, 0.29) is 5.91 Å². The smallest absolute Gasteiger partial charge is 0.255 e. The van der Waals surface area contributed by atoms with Gasteiger partial charge in [-0.2, -0.15) is 0 Å². The summed E-state index contributed by atoms with van der Waals surface area (Å²) in [5.41, 5.74) is 2.57. The number of piperidine rings is 1. The van der Waals surface area contributed by atoms with E-state index in [0.717, 1.165) is 12.2 Å². The van der Waals surface area contributed by atoms with Crippen LogP contribution in [0.1, 0.15) is 36.5 Å². The molecule has 0 bridgehead atoms. The van der Waals surface area contributed by atoms with Crippen molar-refractivity contribution in [1.82, 2.24) is 0 Å². The van der Waals surface area contributed by atoms with Crippen LogP contribution >= 0.6 is 0 Å². The molecule has 1 amide bonds. The van der Waals surface area contributed by atoms with Crippen LogP contribution in [0.3, 0.4) is 0 Å². The molecule has 136 valence electrons. The van der Waals surface area contributed by atoms with Crippen molar-refractivity contribution in [2.45, 2.75) is 32.2 Å². The minimum atomic E-state index is -0.152. The molecular formula is C21H24N2O3. The van der Waals surface area contributed by atoms with Crippen LogP contribution < -0.4 is 19.7 Å². The molecule has 2 aromatic carbocycles. The van der Waals surface area contributed by atoms with E-state index in [4.69, 9.17) is 9.47 Å². The fourth-order valence-electron chi connectivity index (χ4n) is 3.61. The lowest BCUT2D eigenvalue weighted by Gasteiger charge is -2.35. The number of anilines is 2. The summed E-state index contributed by atoms with van der Waals surface area (Å²) in [6.07, 6.45) is 3.79. The molecule has 0 aromatic heterocycles. The molecule has 5 heteroatoms. The Morgan fingerprint density at radius 1 is 1.04 bits per heavy atom. The van der Waals surface area contributed by atoms with Gasteiger partial charge in [-0.1, -0.05) is 0 Å². The van der Waals surface area contributed by atoms with Gasteiger partial charge in [-0.3, -0.25) is 4.79 Å². The van der Waals surface area contributed by atoms with E-state index in [1.165, 1.54) is 24.9 Å². The van der Waals surface area contributed by atoms with E-state index in [0.29, 0.717) is 36.3 Å². The quantitative estimate of drug-likeness (QED) is 0.904. The summed E-state index contributed by atoms with van der Waals surface area (Å²) < 4.78 is 11.0. The topological polar surface area (TPSA) is 50.8 Å². The van der Waals surface area contributed by atoms with Crippen molar-refractivity contribution in [1.29, 1.82) is 0 Å². The first-order chi connectivity index (χ1) is 12.7. The number of carbonyl (C=O) groups excluding carboxylic acids is 1. The van der Waals surface area contributed by atoms with Crippen LogP contribution in [0, 0.1) is 0 Å². The molecule has 0 unspecified atom stereocenters. The molecule has 2 aromatic rings. The average molecular weight is 352 g/mol. The third kappa shape index (κ3) is 3.47. The highest BCUT2D eigenvalue weighted by Crippen LogP contribution is 2.31. The Hall–Kier alpha value is -2.69. The largest absolute Gasteiger partial charge is 0.486 e. The molecule has 26 heavy (non-hydrogen) atoms. The van der Waals surface area contributed by atoms with Crippen molar-refractivity contribution in [2.24, 2.45) is 0 Å². The number of ether oxygens (including phenoxy) is 2. The summed E-state index contributed by atoms with van der Waals surface area (Å²) >= 11 is 0. The summed E-state index contributed by atoms with van der Waals surface area (Å²) in [5.74, 6) is 1.16. The highest BCUT2D eigenvalue weighted by atomic mass is 16.6. The maximum absolute atomic E-state index is 12.5. The predicted octanol–water partition coefficient (Wildman–Crippen LogP) is 4.09. The number of rotatable bonds is 3. The first kappa shape index (κ1) is 16.8. The van der Waals surface area contributed by atoms with Gasteiger partial charge in [0.2, 0.25) is 0 Å². The first-order valence-electron chi connectivity index (χ1n) is 9.28. The number of hydrogen-bond donors (Lipinski definition) is 1. The molecule has 2 aliphatic rings. The Bertz CT molecular complexity index is 788. The van der Waals surface area contributed by atoms with E-state index in [1.807, 2.05) is 12.1 Å². The molecule has 1 atom stereocenters. The van der Waals surface area contributed by atoms with Crippen molar-refractivity contribution in [3.8, 4) is 11.5 Å². The zero-order chi connectivity index (χ0) is 17.9. The van der Waals surface area contributed by atoms with Crippen LogP contribution in [0.15, 0.2) is 42.5 Å². The number of nitrogens with zero attached hydrogens (tertiary/aromatic N) is 1. The van der Waals surface area contributed by atoms with E-state index in [9.17, 15) is 4.79 Å². The predicted molar refractivity (Wildman–Crippen MR) is 102 cm³/mol. The minimum absolute atomic E-state index is 0.152. The number of hydrogen-bond acceptors (Lipinski definition) is 4. The van der Waals surface area contributed by atoms with Gasteiger partial charge in [0.25, 0.3) is 5.91 Å². The van der Waals surface area contributed by atoms with Crippen LogP contribution in [-0.4, -0.2) is 31.7 Å². The summed E-state index contributed by atoms with van der Waals surface area (Å²) in [7, 11) is 0. The normalized spacial score (nSPS) is 19.1. The molecular weight excluding hydrogens is 328 g/mol. The third-order valence-electron chi connectivity index (χ3n) is 5.06. The van der Waals surface area contributed by atoms with Crippen LogP contribution in [0.4, 0.5) is 11.4 Å². The number of carbonyl (C=O) groups is 1. The van der Waals surface area contributed by atoms with Gasteiger partial charge in [0.15, 0.2) is 11.5 Å². The SMILES string of the molecule is C[C@H]1CCCCN1c1ccc(NC(=O)c2ccc3c(c2)OCCO3)cc1. The molecule has 0 aliphatic carbocycles. The van der Waals surface area contributed by atoms with Gasteiger partial charge in [0.05, 0.1) is 0 Å². The standard InChI is InChI=1S/C21H24N2O3/c1-15-4-2-3-11-23(15)18-8-6-17(7-9-18)22-21(24)16-5-10-19-20(14-16)26-13-12-25-19/h5-10,14-15H,2-4,11-13H2,1H3,(H,22,24)/t15-/m0/s1. The third-order valence-corrected chi connectivity index (χ3v) is 5.06. The second-order valence-electron chi connectivity index (χ2n) is 6.90. The summed E-state index contributed by atoms with van der Waals surface area (Å²) in [4.78, 5) is 15.0.